The molecule has 2 atom stereocenters. The first-order valence-electron chi connectivity index (χ1n) is 6.55. The van der Waals surface area contributed by atoms with Crippen molar-refractivity contribution in [2.24, 2.45) is 5.92 Å². The van der Waals surface area contributed by atoms with Crippen molar-refractivity contribution in [2.45, 2.75) is 25.8 Å². The summed E-state index contributed by atoms with van der Waals surface area (Å²) in [5.74, 6) is 0.0596. The molecule has 1 aliphatic heterocycles. The monoisotopic (exact) mass is 282 g/mol. The molecule has 0 saturated carbocycles. The number of alkyl carbamates (subject to hydrolysis) is 1. The van der Waals surface area contributed by atoms with E-state index < -0.39 is 6.09 Å². The molecule has 4 nitrogen and oxygen atoms in total. The lowest BCUT2D eigenvalue weighted by Gasteiger charge is -2.29. The second-order valence-electron chi connectivity index (χ2n) is 4.64. The minimum atomic E-state index is -0.472. The Hall–Kier alpha value is -1.36. The van der Waals surface area contributed by atoms with Gasteiger partial charge in [-0.05, 0) is 12.8 Å². The smallest absolute Gasteiger partial charge is 0.408 e. The summed E-state index contributed by atoms with van der Waals surface area (Å²) in [7, 11) is 0. The average Bonchev–Trinajstić information content (AvgIpc) is 2.95. The standard InChI is InChI=1S/C14H22N2O2S/c1-4-10-18-14(17)15-12(11(3)5-2)13(19)16-8-6-7-9-16/h4-5,11-12H,1-2,6-10H2,3H3,(H,15,17)/t11-,12-/m1/s1. The molecule has 0 aromatic rings. The molecule has 1 saturated heterocycles. The van der Waals surface area contributed by atoms with Gasteiger partial charge in [-0.2, -0.15) is 0 Å². The summed E-state index contributed by atoms with van der Waals surface area (Å²) in [6.07, 6.45) is 5.15. The Bertz CT molecular complexity index is 351. The summed E-state index contributed by atoms with van der Waals surface area (Å²) >= 11 is 5.50. The lowest BCUT2D eigenvalue weighted by Crippen LogP contribution is -2.50. The zero-order valence-electron chi connectivity index (χ0n) is 11.4. The lowest BCUT2D eigenvalue weighted by atomic mass is 10.0. The van der Waals surface area contributed by atoms with Gasteiger partial charge >= 0.3 is 6.09 Å². The van der Waals surface area contributed by atoms with E-state index in [1.807, 2.05) is 6.92 Å². The van der Waals surface area contributed by atoms with E-state index in [-0.39, 0.29) is 18.6 Å². The van der Waals surface area contributed by atoms with Crippen LogP contribution in [0.4, 0.5) is 4.79 Å². The molecule has 1 rings (SSSR count). The molecule has 0 spiro atoms. The third kappa shape index (κ3) is 4.67. The fraction of sp³-hybridized carbons (Fsp3) is 0.571. The largest absolute Gasteiger partial charge is 0.445 e. The SMILES string of the molecule is C=CCOC(=O)N[C@@H](C(=S)N1CCCC1)[C@H](C)C=C. The number of hydrogen-bond donors (Lipinski definition) is 1. The Morgan fingerprint density at radius 2 is 2.11 bits per heavy atom. The maximum atomic E-state index is 11.7. The third-order valence-corrected chi connectivity index (χ3v) is 3.70. The van der Waals surface area contributed by atoms with Crippen molar-refractivity contribution in [3.63, 3.8) is 0 Å². The summed E-state index contributed by atoms with van der Waals surface area (Å²) in [6, 6.07) is -0.247. The van der Waals surface area contributed by atoms with Gasteiger partial charge in [0, 0.05) is 19.0 Å². The highest BCUT2D eigenvalue weighted by atomic mass is 32.1. The number of carbonyl (C=O) groups excluding carboxylic acids is 1. The highest BCUT2D eigenvalue weighted by Crippen LogP contribution is 2.15. The normalized spacial score (nSPS) is 17.4. The van der Waals surface area contributed by atoms with Crippen molar-refractivity contribution < 1.29 is 9.53 Å². The first kappa shape index (κ1) is 15.7. The molecule has 0 unspecified atom stereocenters. The Balaban J connectivity index is 2.65. The van der Waals surface area contributed by atoms with E-state index in [1.165, 1.54) is 6.08 Å². The van der Waals surface area contributed by atoms with E-state index in [4.69, 9.17) is 17.0 Å². The van der Waals surface area contributed by atoms with Crippen molar-refractivity contribution in [1.82, 2.24) is 10.2 Å². The van der Waals surface area contributed by atoms with E-state index in [2.05, 4.69) is 23.4 Å². The van der Waals surface area contributed by atoms with Crippen LogP contribution in [0.2, 0.25) is 0 Å². The molecule has 19 heavy (non-hydrogen) atoms. The molecule has 1 N–H and O–H groups in total. The van der Waals surface area contributed by atoms with Gasteiger partial charge in [0.2, 0.25) is 0 Å². The Labute approximate surface area is 120 Å². The van der Waals surface area contributed by atoms with Crippen LogP contribution in [0.25, 0.3) is 0 Å². The molecular weight excluding hydrogens is 260 g/mol. The number of nitrogens with one attached hydrogen (secondary N) is 1. The van der Waals surface area contributed by atoms with Crippen LogP contribution in [0.1, 0.15) is 19.8 Å². The minimum absolute atomic E-state index is 0.0596. The van der Waals surface area contributed by atoms with Gasteiger partial charge in [0.1, 0.15) is 11.6 Å². The van der Waals surface area contributed by atoms with Crippen LogP contribution in [0, 0.1) is 5.92 Å². The first-order valence-corrected chi connectivity index (χ1v) is 6.96. The molecule has 0 aliphatic carbocycles. The van der Waals surface area contributed by atoms with Gasteiger partial charge < -0.3 is 15.0 Å². The van der Waals surface area contributed by atoms with Gasteiger partial charge in [0.05, 0.1) is 6.04 Å². The molecule has 1 fully saturated rings. The van der Waals surface area contributed by atoms with Gasteiger partial charge in [-0.15, -0.1) is 6.58 Å². The van der Waals surface area contributed by atoms with E-state index in [1.54, 1.807) is 6.08 Å². The number of rotatable bonds is 6. The zero-order valence-corrected chi connectivity index (χ0v) is 12.2. The van der Waals surface area contributed by atoms with E-state index in [0.29, 0.717) is 0 Å². The van der Waals surface area contributed by atoms with Crippen molar-refractivity contribution in [2.75, 3.05) is 19.7 Å². The summed E-state index contributed by atoms with van der Waals surface area (Å²) < 4.78 is 4.95. The predicted molar refractivity (Wildman–Crippen MR) is 81.2 cm³/mol. The lowest BCUT2D eigenvalue weighted by molar-refractivity contribution is 0.154. The van der Waals surface area contributed by atoms with Crippen molar-refractivity contribution in [3.05, 3.63) is 25.3 Å². The number of hydrogen-bond acceptors (Lipinski definition) is 3. The maximum absolute atomic E-state index is 11.7. The van der Waals surface area contributed by atoms with Crippen LogP contribution >= 0.6 is 12.2 Å². The number of amides is 1. The van der Waals surface area contributed by atoms with Crippen molar-refractivity contribution in [3.8, 4) is 0 Å². The fourth-order valence-electron chi connectivity index (χ4n) is 1.99. The summed E-state index contributed by atoms with van der Waals surface area (Å²) in [4.78, 5) is 14.6. The first-order chi connectivity index (χ1) is 9.10. The molecular formula is C14H22N2O2S. The quantitative estimate of drug-likeness (QED) is 0.600. The van der Waals surface area contributed by atoms with Crippen LogP contribution in [0.15, 0.2) is 25.3 Å². The molecule has 5 heteroatoms. The van der Waals surface area contributed by atoms with Crippen LogP contribution in [0.3, 0.4) is 0 Å². The van der Waals surface area contributed by atoms with Crippen LogP contribution in [-0.2, 0) is 4.74 Å². The molecule has 0 aromatic heterocycles. The molecule has 0 bridgehead atoms. The third-order valence-electron chi connectivity index (χ3n) is 3.19. The second-order valence-corrected chi connectivity index (χ2v) is 5.05. The number of thiocarbonyl (C=S) groups is 1. The maximum Gasteiger partial charge on any atom is 0.408 e. The van der Waals surface area contributed by atoms with E-state index in [9.17, 15) is 4.79 Å². The van der Waals surface area contributed by atoms with Gasteiger partial charge in [-0.25, -0.2) is 4.79 Å². The van der Waals surface area contributed by atoms with Gasteiger partial charge in [-0.3, -0.25) is 0 Å². The Kier molecular flexibility index (Phi) is 6.56. The Morgan fingerprint density at radius 3 is 2.63 bits per heavy atom. The molecule has 1 amide bonds. The van der Waals surface area contributed by atoms with Crippen molar-refractivity contribution in [1.29, 1.82) is 0 Å². The van der Waals surface area contributed by atoms with E-state index >= 15 is 0 Å². The van der Waals surface area contributed by atoms with E-state index in [0.717, 1.165) is 30.9 Å². The minimum Gasteiger partial charge on any atom is -0.445 e. The summed E-state index contributed by atoms with van der Waals surface area (Å²) in [6.45, 7) is 11.4. The second kappa shape index (κ2) is 7.94. The molecule has 1 aliphatic rings. The van der Waals surface area contributed by atoms with Crippen LogP contribution in [-0.4, -0.2) is 41.7 Å². The van der Waals surface area contributed by atoms with Gasteiger partial charge in [0.15, 0.2) is 0 Å². The Morgan fingerprint density at radius 1 is 1.47 bits per heavy atom. The number of nitrogens with zero attached hydrogens (tertiary/aromatic N) is 1. The number of carbonyl (C=O) groups is 1. The van der Waals surface area contributed by atoms with Crippen LogP contribution < -0.4 is 5.32 Å². The van der Waals surface area contributed by atoms with Gasteiger partial charge in [0.25, 0.3) is 0 Å². The topological polar surface area (TPSA) is 41.6 Å². The van der Waals surface area contributed by atoms with Crippen molar-refractivity contribution >= 4 is 23.3 Å². The predicted octanol–water partition coefficient (Wildman–Crippen LogP) is 2.51. The average molecular weight is 282 g/mol. The fourth-order valence-corrected chi connectivity index (χ4v) is 2.45. The summed E-state index contributed by atoms with van der Waals surface area (Å²) in [5, 5.41) is 2.82. The summed E-state index contributed by atoms with van der Waals surface area (Å²) in [5.41, 5.74) is 0. The van der Waals surface area contributed by atoms with Crippen LogP contribution in [0.5, 0.6) is 0 Å². The molecule has 0 aromatic carbocycles. The van der Waals surface area contributed by atoms with Gasteiger partial charge in [-0.1, -0.05) is 37.9 Å². The molecule has 1 heterocycles. The molecule has 0 radical (unpaired) electrons. The highest BCUT2D eigenvalue weighted by Gasteiger charge is 2.27. The number of likely N-dealkylation sites (tertiary alicyclic amines) is 1. The number of ether oxygens (including phenoxy) is 1. The highest BCUT2D eigenvalue weighted by molar-refractivity contribution is 7.80. The zero-order chi connectivity index (χ0) is 14.3. The molecule has 106 valence electrons.